The summed E-state index contributed by atoms with van der Waals surface area (Å²) in [4.78, 5) is 78.7. The van der Waals surface area contributed by atoms with Gasteiger partial charge in [-0.15, -0.1) is 0 Å². The molecule has 1 heterocycles. The molecule has 0 aliphatic carbocycles. The average Bonchev–Trinajstić information content (AvgIpc) is 3.36. The number of carbonyl (C=O) groups is 6. The number of carboxylic acid groups (broad SMARTS) is 1. The molecule has 0 bridgehead atoms. The van der Waals surface area contributed by atoms with Gasteiger partial charge >= 0.3 is 5.97 Å². The van der Waals surface area contributed by atoms with Crippen molar-refractivity contribution in [1.82, 2.24) is 20.9 Å². The maximum atomic E-state index is 13.2. The van der Waals surface area contributed by atoms with Crippen molar-refractivity contribution < 1.29 is 33.9 Å². The fourth-order valence-electron chi connectivity index (χ4n) is 3.77. The highest BCUT2D eigenvalue weighted by Crippen LogP contribution is 2.19. The SMILES string of the molecule is NC(=O)CC(N)C(=O)NC(CS)C(=O)NC(CS)C(=O)N1CCCC1C(=O)NC(CCCN=C(N)N)C(=O)O. The summed E-state index contributed by atoms with van der Waals surface area (Å²) in [5, 5.41) is 16.8. The van der Waals surface area contributed by atoms with E-state index >= 15 is 0 Å². The molecule has 12 N–H and O–H groups in total. The number of hydrogen-bond donors (Lipinski definition) is 10. The predicted octanol–water partition coefficient (Wildman–Crippen LogP) is -4.37. The molecule has 1 saturated heterocycles. The zero-order valence-electron chi connectivity index (χ0n) is 21.2. The van der Waals surface area contributed by atoms with Crippen LogP contribution in [0.5, 0.6) is 0 Å². The quantitative estimate of drug-likeness (QED) is 0.0356. The van der Waals surface area contributed by atoms with Crippen molar-refractivity contribution >= 4 is 66.7 Å². The molecular formula is C21H37N9O7S2. The number of rotatable bonds is 16. The van der Waals surface area contributed by atoms with E-state index in [1.165, 1.54) is 4.90 Å². The summed E-state index contributed by atoms with van der Waals surface area (Å²) in [6, 6.07) is -5.80. The van der Waals surface area contributed by atoms with Gasteiger partial charge in [0.15, 0.2) is 5.96 Å². The predicted molar refractivity (Wildman–Crippen MR) is 148 cm³/mol. The van der Waals surface area contributed by atoms with Crippen molar-refractivity contribution in [2.45, 2.75) is 62.3 Å². The summed E-state index contributed by atoms with van der Waals surface area (Å²) in [5.74, 6) is -5.28. The number of carbonyl (C=O) groups excluding carboxylic acids is 5. The third-order valence-corrected chi connectivity index (χ3v) is 6.50. The third-order valence-electron chi connectivity index (χ3n) is 5.77. The molecule has 0 saturated carbocycles. The van der Waals surface area contributed by atoms with E-state index in [9.17, 15) is 33.9 Å². The van der Waals surface area contributed by atoms with Crippen molar-refractivity contribution in [1.29, 1.82) is 0 Å². The van der Waals surface area contributed by atoms with Crippen molar-refractivity contribution in [3.8, 4) is 0 Å². The van der Waals surface area contributed by atoms with E-state index in [0.717, 1.165) is 0 Å². The number of nitrogens with two attached hydrogens (primary N) is 4. The van der Waals surface area contributed by atoms with Crippen LogP contribution < -0.4 is 38.9 Å². The molecule has 39 heavy (non-hydrogen) atoms. The van der Waals surface area contributed by atoms with Gasteiger partial charge in [-0.05, 0) is 25.7 Å². The first-order valence-electron chi connectivity index (χ1n) is 12.1. The van der Waals surface area contributed by atoms with Crippen molar-refractivity contribution in [3.05, 3.63) is 0 Å². The number of guanidine groups is 1. The zero-order chi connectivity index (χ0) is 29.7. The van der Waals surface area contributed by atoms with Gasteiger partial charge in [0, 0.05) is 24.6 Å². The Labute approximate surface area is 236 Å². The molecule has 0 aromatic carbocycles. The van der Waals surface area contributed by atoms with E-state index in [1.807, 2.05) is 0 Å². The van der Waals surface area contributed by atoms with E-state index in [0.29, 0.717) is 12.8 Å². The topological polar surface area (TPSA) is 278 Å². The van der Waals surface area contributed by atoms with Crippen LogP contribution in [0, 0.1) is 0 Å². The Morgan fingerprint density at radius 1 is 0.949 bits per heavy atom. The lowest BCUT2D eigenvalue weighted by Crippen LogP contribution is -2.59. The molecule has 0 spiro atoms. The second kappa shape index (κ2) is 16.7. The number of carboxylic acids is 1. The molecular weight excluding hydrogens is 554 g/mol. The lowest BCUT2D eigenvalue weighted by atomic mass is 10.1. The molecule has 18 heteroatoms. The van der Waals surface area contributed by atoms with Crippen LogP contribution in [0.3, 0.4) is 0 Å². The summed E-state index contributed by atoms with van der Waals surface area (Å²) in [6.45, 7) is 0.387. The molecule has 1 aliphatic rings. The lowest BCUT2D eigenvalue weighted by molar-refractivity contribution is -0.144. The summed E-state index contributed by atoms with van der Waals surface area (Å²) in [6.07, 6.45) is 0.701. The number of nitrogens with zero attached hydrogens (tertiary/aromatic N) is 2. The van der Waals surface area contributed by atoms with E-state index in [1.54, 1.807) is 0 Å². The Morgan fingerprint density at radius 2 is 1.56 bits per heavy atom. The highest BCUT2D eigenvalue weighted by Gasteiger charge is 2.39. The van der Waals surface area contributed by atoms with Crippen LogP contribution in [-0.4, -0.2) is 106 Å². The van der Waals surface area contributed by atoms with Crippen LogP contribution in [0.2, 0.25) is 0 Å². The van der Waals surface area contributed by atoms with Crippen molar-refractivity contribution in [3.63, 3.8) is 0 Å². The fourth-order valence-corrected chi connectivity index (χ4v) is 4.28. The molecule has 1 aliphatic heterocycles. The van der Waals surface area contributed by atoms with E-state index in [-0.39, 0.29) is 43.4 Å². The molecule has 16 nitrogen and oxygen atoms in total. The summed E-state index contributed by atoms with van der Waals surface area (Å²) in [5.41, 5.74) is 21.1. The number of primary amides is 1. The van der Waals surface area contributed by atoms with E-state index in [2.05, 4.69) is 46.2 Å². The van der Waals surface area contributed by atoms with Gasteiger partial charge in [0.25, 0.3) is 0 Å². The molecule has 5 amide bonds. The maximum Gasteiger partial charge on any atom is 0.326 e. The largest absolute Gasteiger partial charge is 0.480 e. The van der Waals surface area contributed by atoms with Gasteiger partial charge in [0.2, 0.25) is 29.5 Å². The average molecular weight is 592 g/mol. The number of thiol groups is 2. The Hall–Kier alpha value is -3.25. The number of amides is 5. The molecule has 1 fully saturated rings. The Morgan fingerprint density at radius 3 is 2.10 bits per heavy atom. The normalized spacial score (nSPS) is 17.7. The van der Waals surface area contributed by atoms with Gasteiger partial charge in [-0.3, -0.25) is 29.0 Å². The number of aliphatic imine (C=N–C) groups is 1. The van der Waals surface area contributed by atoms with Gasteiger partial charge < -0.3 is 48.9 Å². The maximum absolute atomic E-state index is 13.2. The minimum absolute atomic E-state index is 0.0633. The molecule has 5 unspecified atom stereocenters. The van der Waals surface area contributed by atoms with Crippen LogP contribution in [0.25, 0.3) is 0 Å². The van der Waals surface area contributed by atoms with E-state index < -0.39 is 72.1 Å². The number of nitrogens with one attached hydrogen (secondary N) is 3. The molecule has 0 aromatic heterocycles. The highest BCUT2D eigenvalue weighted by atomic mass is 32.1. The van der Waals surface area contributed by atoms with Gasteiger partial charge in [0.1, 0.15) is 24.2 Å². The molecule has 5 atom stereocenters. The zero-order valence-corrected chi connectivity index (χ0v) is 23.0. The smallest absolute Gasteiger partial charge is 0.326 e. The van der Waals surface area contributed by atoms with Crippen molar-refractivity contribution in [2.24, 2.45) is 27.9 Å². The van der Waals surface area contributed by atoms with Gasteiger partial charge in [-0.2, -0.15) is 25.3 Å². The standard InChI is InChI=1S/C21H37N9O7S2/c22-10(7-15(23)31)16(32)28-12(8-38)17(33)29-13(9-39)19(35)30-6-2-4-14(30)18(34)27-11(20(36)37)3-1-5-26-21(24)25/h10-14,38-39H,1-9,22H2,(H2,23,31)(H,27,34)(H,28,32)(H,29,33)(H,36,37)(H4,24,25,26). The number of aliphatic carboxylic acids is 1. The first-order chi connectivity index (χ1) is 18.3. The number of hydrogen-bond acceptors (Lipinski definition) is 10. The van der Waals surface area contributed by atoms with Crippen LogP contribution in [0.15, 0.2) is 4.99 Å². The Balaban J connectivity index is 2.84. The fraction of sp³-hybridized carbons (Fsp3) is 0.667. The van der Waals surface area contributed by atoms with Crippen LogP contribution in [0.4, 0.5) is 0 Å². The van der Waals surface area contributed by atoms with Crippen molar-refractivity contribution in [2.75, 3.05) is 24.6 Å². The molecule has 0 aromatic rings. The summed E-state index contributed by atoms with van der Waals surface area (Å²) in [7, 11) is 0. The second-order valence-electron chi connectivity index (χ2n) is 8.80. The minimum Gasteiger partial charge on any atom is -0.480 e. The summed E-state index contributed by atoms with van der Waals surface area (Å²) >= 11 is 8.18. The van der Waals surface area contributed by atoms with Crippen LogP contribution >= 0.6 is 25.3 Å². The third kappa shape index (κ3) is 11.2. The first kappa shape index (κ1) is 33.8. The van der Waals surface area contributed by atoms with Crippen LogP contribution in [-0.2, 0) is 28.8 Å². The molecule has 1 rings (SSSR count). The summed E-state index contributed by atoms with van der Waals surface area (Å²) < 4.78 is 0. The van der Waals surface area contributed by atoms with E-state index in [4.69, 9.17) is 22.9 Å². The first-order valence-corrected chi connectivity index (χ1v) is 13.3. The number of likely N-dealkylation sites (tertiary alicyclic amines) is 1. The van der Waals surface area contributed by atoms with Gasteiger partial charge in [0.05, 0.1) is 12.5 Å². The van der Waals surface area contributed by atoms with Gasteiger partial charge in [-0.1, -0.05) is 0 Å². The highest BCUT2D eigenvalue weighted by molar-refractivity contribution is 7.80. The monoisotopic (exact) mass is 591 g/mol. The molecule has 0 radical (unpaired) electrons. The van der Waals surface area contributed by atoms with Gasteiger partial charge in [-0.25, -0.2) is 4.79 Å². The lowest BCUT2D eigenvalue weighted by Gasteiger charge is -2.29. The molecule has 220 valence electrons. The Bertz CT molecular complexity index is 949. The second-order valence-corrected chi connectivity index (χ2v) is 9.53. The Kier molecular flexibility index (Phi) is 14.4. The minimum atomic E-state index is -1.27. The van der Waals surface area contributed by atoms with Crippen LogP contribution in [0.1, 0.15) is 32.1 Å².